The van der Waals surface area contributed by atoms with Crippen molar-refractivity contribution in [1.82, 2.24) is 0 Å². The first-order valence-electron chi connectivity index (χ1n) is 6.06. The number of hydrogen-bond donors (Lipinski definition) is 0. The average Bonchev–Trinajstić information content (AvgIpc) is 2.25. The predicted octanol–water partition coefficient (Wildman–Crippen LogP) is 6.47. The van der Waals surface area contributed by atoms with Gasteiger partial charge in [-0.2, -0.15) is 0 Å². The van der Waals surface area contributed by atoms with Crippen molar-refractivity contribution >= 4 is 43.5 Å². The standard InChI is InChI=1S/C16H15Br2Cl/c1-9-4-10(2)15(11(3)5-9)16(19)12-6-13(17)8-14(18)7-12/h4-8,16H,1-3H3. The van der Waals surface area contributed by atoms with Crippen molar-refractivity contribution in [2.75, 3.05) is 0 Å². The molecule has 0 heterocycles. The van der Waals surface area contributed by atoms with E-state index in [-0.39, 0.29) is 5.38 Å². The fourth-order valence-corrected chi connectivity index (χ4v) is 4.28. The fourth-order valence-electron chi connectivity index (χ4n) is 2.48. The molecule has 3 heteroatoms. The second-order valence-electron chi connectivity index (χ2n) is 4.88. The lowest BCUT2D eigenvalue weighted by atomic mass is 9.94. The highest BCUT2D eigenvalue weighted by molar-refractivity contribution is 9.11. The van der Waals surface area contributed by atoms with Gasteiger partial charge < -0.3 is 0 Å². The van der Waals surface area contributed by atoms with Crippen LogP contribution in [0.1, 0.15) is 33.2 Å². The second-order valence-corrected chi connectivity index (χ2v) is 7.15. The number of benzene rings is 2. The number of alkyl halides is 1. The molecule has 0 amide bonds. The third-order valence-electron chi connectivity index (χ3n) is 3.17. The van der Waals surface area contributed by atoms with E-state index in [4.69, 9.17) is 11.6 Å². The largest absolute Gasteiger partial charge is 0.113 e. The first-order chi connectivity index (χ1) is 8.88. The molecule has 2 aromatic carbocycles. The lowest BCUT2D eigenvalue weighted by Crippen LogP contribution is -2.00. The van der Waals surface area contributed by atoms with Crippen LogP contribution in [0.2, 0.25) is 0 Å². The van der Waals surface area contributed by atoms with E-state index in [2.05, 4.69) is 76.9 Å². The summed E-state index contributed by atoms with van der Waals surface area (Å²) in [6.45, 7) is 6.36. The summed E-state index contributed by atoms with van der Waals surface area (Å²) in [6, 6.07) is 10.5. The van der Waals surface area contributed by atoms with Crippen LogP contribution < -0.4 is 0 Å². The highest BCUT2D eigenvalue weighted by atomic mass is 79.9. The van der Waals surface area contributed by atoms with Crippen LogP contribution >= 0.6 is 43.5 Å². The van der Waals surface area contributed by atoms with Crippen molar-refractivity contribution in [1.29, 1.82) is 0 Å². The van der Waals surface area contributed by atoms with Crippen molar-refractivity contribution in [3.8, 4) is 0 Å². The molecule has 100 valence electrons. The van der Waals surface area contributed by atoms with Crippen LogP contribution in [0.5, 0.6) is 0 Å². The molecule has 2 rings (SSSR count). The monoisotopic (exact) mass is 400 g/mol. The van der Waals surface area contributed by atoms with Crippen molar-refractivity contribution in [2.45, 2.75) is 26.1 Å². The van der Waals surface area contributed by atoms with E-state index in [1.54, 1.807) is 0 Å². The maximum Gasteiger partial charge on any atom is 0.0841 e. The molecule has 0 nitrogen and oxygen atoms in total. The molecule has 0 aromatic heterocycles. The highest BCUT2D eigenvalue weighted by Gasteiger charge is 2.17. The molecule has 0 bridgehead atoms. The van der Waals surface area contributed by atoms with Crippen LogP contribution in [-0.2, 0) is 0 Å². The van der Waals surface area contributed by atoms with Gasteiger partial charge in [0.1, 0.15) is 0 Å². The van der Waals surface area contributed by atoms with Crippen LogP contribution in [0.25, 0.3) is 0 Å². The van der Waals surface area contributed by atoms with E-state index in [1.165, 1.54) is 22.3 Å². The van der Waals surface area contributed by atoms with Crippen molar-refractivity contribution in [3.05, 3.63) is 67.1 Å². The quantitative estimate of drug-likeness (QED) is 0.505. The molecular weight excluding hydrogens is 387 g/mol. The molecule has 0 N–H and O–H groups in total. The summed E-state index contributed by atoms with van der Waals surface area (Å²) >= 11 is 13.7. The van der Waals surface area contributed by atoms with Gasteiger partial charge in [0.05, 0.1) is 5.38 Å². The summed E-state index contributed by atoms with van der Waals surface area (Å²) in [5.74, 6) is 0. The van der Waals surface area contributed by atoms with Gasteiger partial charge in [-0.3, -0.25) is 0 Å². The van der Waals surface area contributed by atoms with Crippen LogP contribution in [0.15, 0.2) is 39.3 Å². The van der Waals surface area contributed by atoms with Crippen molar-refractivity contribution in [2.24, 2.45) is 0 Å². The third kappa shape index (κ3) is 3.42. The Kier molecular flexibility index (Phi) is 4.75. The minimum Gasteiger partial charge on any atom is -0.113 e. The van der Waals surface area contributed by atoms with Gasteiger partial charge in [0.25, 0.3) is 0 Å². The summed E-state index contributed by atoms with van der Waals surface area (Å²) in [4.78, 5) is 0. The van der Waals surface area contributed by atoms with E-state index in [0.717, 1.165) is 14.5 Å². The van der Waals surface area contributed by atoms with Gasteiger partial charge in [-0.15, -0.1) is 11.6 Å². The summed E-state index contributed by atoms with van der Waals surface area (Å²) in [5.41, 5.74) is 6.07. The van der Waals surface area contributed by atoms with E-state index < -0.39 is 0 Å². The molecule has 19 heavy (non-hydrogen) atoms. The zero-order chi connectivity index (χ0) is 14.2. The van der Waals surface area contributed by atoms with Crippen molar-refractivity contribution in [3.63, 3.8) is 0 Å². The normalized spacial score (nSPS) is 12.5. The molecule has 0 aliphatic carbocycles. The van der Waals surface area contributed by atoms with Crippen LogP contribution in [0, 0.1) is 20.8 Å². The molecule has 0 spiro atoms. The number of rotatable bonds is 2. The highest BCUT2D eigenvalue weighted by Crippen LogP contribution is 2.36. The topological polar surface area (TPSA) is 0 Å². The van der Waals surface area contributed by atoms with E-state index in [0.29, 0.717) is 0 Å². The number of hydrogen-bond acceptors (Lipinski definition) is 0. The zero-order valence-electron chi connectivity index (χ0n) is 11.1. The smallest absolute Gasteiger partial charge is 0.0841 e. The van der Waals surface area contributed by atoms with Gasteiger partial charge in [0.15, 0.2) is 0 Å². The third-order valence-corrected chi connectivity index (χ3v) is 4.55. The Labute approximate surface area is 136 Å². The summed E-state index contributed by atoms with van der Waals surface area (Å²) < 4.78 is 2.06. The van der Waals surface area contributed by atoms with Crippen LogP contribution in [-0.4, -0.2) is 0 Å². The molecule has 2 aromatic rings. The average molecular weight is 403 g/mol. The van der Waals surface area contributed by atoms with Gasteiger partial charge >= 0.3 is 0 Å². The van der Waals surface area contributed by atoms with E-state index in [9.17, 15) is 0 Å². The van der Waals surface area contributed by atoms with E-state index >= 15 is 0 Å². The van der Waals surface area contributed by atoms with Gasteiger partial charge in [-0.05, 0) is 61.2 Å². The summed E-state index contributed by atoms with van der Waals surface area (Å²) in [6.07, 6.45) is 0. The lowest BCUT2D eigenvalue weighted by Gasteiger charge is -2.18. The Hall–Kier alpha value is -0.310. The van der Waals surface area contributed by atoms with Gasteiger partial charge in [0.2, 0.25) is 0 Å². The Morgan fingerprint density at radius 1 is 0.842 bits per heavy atom. The zero-order valence-corrected chi connectivity index (χ0v) is 15.0. The summed E-state index contributed by atoms with van der Waals surface area (Å²) in [7, 11) is 0. The van der Waals surface area contributed by atoms with Crippen molar-refractivity contribution < 1.29 is 0 Å². The first kappa shape index (κ1) is 15.1. The molecule has 0 saturated heterocycles. The Morgan fingerprint density at radius 3 is 1.79 bits per heavy atom. The van der Waals surface area contributed by atoms with Crippen LogP contribution in [0.3, 0.4) is 0 Å². The van der Waals surface area contributed by atoms with Crippen LogP contribution in [0.4, 0.5) is 0 Å². The Balaban J connectivity index is 2.52. The molecule has 0 saturated carbocycles. The Bertz CT molecular complexity index is 577. The summed E-state index contributed by atoms with van der Waals surface area (Å²) in [5, 5.41) is -0.130. The molecule has 1 atom stereocenters. The predicted molar refractivity (Wildman–Crippen MR) is 90.2 cm³/mol. The molecule has 0 radical (unpaired) electrons. The van der Waals surface area contributed by atoms with Gasteiger partial charge in [0, 0.05) is 8.95 Å². The van der Waals surface area contributed by atoms with Gasteiger partial charge in [-0.25, -0.2) is 0 Å². The number of halogens is 3. The minimum absolute atomic E-state index is 0.130. The number of aryl methyl sites for hydroxylation is 3. The minimum atomic E-state index is -0.130. The molecular formula is C16H15Br2Cl. The maximum absolute atomic E-state index is 6.70. The second kappa shape index (κ2) is 5.99. The lowest BCUT2D eigenvalue weighted by molar-refractivity contribution is 1.07. The molecule has 0 aliphatic heterocycles. The Morgan fingerprint density at radius 2 is 1.32 bits per heavy atom. The molecule has 0 fully saturated rings. The molecule has 0 aliphatic rings. The molecule has 1 unspecified atom stereocenters. The SMILES string of the molecule is Cc1cc(C)c(C(Cl)c2cc(Br)cc(Br)c2)c(C)c1. The van der Waals surface area contributed by atoms with E-state index in [1.807, 2.05) is 6.07 Å². The fraction of sp³-hybridized carbons (Fsp3) is 0.250. The first-order valence-corrected chi connectivity index (χ1v) is 8.08. The van der Waals surface area contributed by atoms with Gasteiger partial charge in [-0.1, -0.05) is 49.6 Å². The maximum atomic E-state index is 6.70.